The number of carbonyl (C=O) groups is 1. The molecule has 7 heteroatoms. The van der Waals surface area contributed by atoms with Gasteiger partial charge in [0.05, 0.1) is 30.2 Å². The monoisotopic (exact) mass is 478 g/mol. The van der Waals surface area contributed by atoms with E-state index in [4.69, 9.17) is 9.15 Å². The van der Waals surface area contributed by atoms with Gasteiger partial charge in [0.1, 0.15) is 11.4 Å². The van der Waals surface area contributed by atoms with Gasteiger partial charge in [-0.15, -0.1) is 0 Å². The highest BCUT2D eigenvalue weighted by atomic mass is 19.1. The summed E-state index contributed by atoms with van der Waals surface area (Å²) in [6, 6.07) is 11.3. The topological polar surface area (TPSA) is 63.0 Å². The molecular weight excluding hydrogens is 447 g/mol. The SMILES string of the molecule is CC(C)(C)c1ccc([C@@H]2c3c(oc4ccc(F)cc4c3=O)C(=O)N2CCCN2CCOCC2)cc1. The average molecular weight is 479 g/mol. The van der Waals surface area contributed by atoms with Gasteiger partial charge in [-0.05, 0) is 41.2 Å². The molecule has 3 aromatic rings. The van der Waals surface area contributed by atoms with Gasteiger partial charge >= 0.3 is 0 Å². The van der Waals surface area contributed by atoms with E-state index in [1.54, 1.807) is 4.90 Å². The van der Waals surface area contributed by atoms with Gasteiger partial charge in [0.25, 0.3) is 5.91 Å². The summed E-state index contributed by atoms with van der Waals surface area (Å²) in [7, 11) is 0. The third-order valence-electron chi connectivity index (χ3n) is 7.00. The molecule has 0 aliphatic carbocycles. The molecule has 35 heavy (non-hydrogen) atoms. The molecule has 0 saturated carbocycles. The molecule has 5 rings (SSSR count). The number of fused-ring (bicyclic) bond motifs is 2. The molecule has 0 bridgehead atoms. The largest absolute Gasteiger partial charge is 0.450 e. The fraction of sp³-hybridized carbons (Fsp3) is 0.429. The van der Waals surface area contributed by atoms with Gasteiger partial charge in [-0.25, -0.2) is 4.39 Å². The first-order valence-corrected chi connectivity index (χ1v) is 12.2. The van der Waals surface area contributed by atoms with Crippen LogP contribution in [0.25, 0.3) is 11.0 Å². The Labute approximate surface area is 204 Å². The summed E-state index contributed by atoms with van der Waals surface area (Å²) in [5.74, 6) is -0.747. The maximum atomic E-state index is 14.0. The third-order valence-corrected chi connectivity index (χ3v) is 7.00. The molecule has 1 aromatic heterocycles. The van der Waals surface area contributed by atoms with Crippen molar-refractivity contribution < 1.29 is 18.3 Å². The molecule has 2 aromatic carbocycles. The second-order valence-corrected chi connectivity index (χ2v) is 10.4. The van der Waals surface area contributed by atoms with Gasteiger partial charge in [0.15, 0.2) is 5.43 Å². The van der Waals surface area contributed by atoms with Crippen LogP contribution in [0, 0.1) is 5.82 Å². The summed E-state index contributed by atoms with van der Waals surface area (Å²) in [6.45, 7) is 10.9. The number of halogens is 1. The van der Waals surface area contributed by atoms with Gasteiger partial charge in [-0.2, -0.15) is 0 Å². The van der Waals surface area contributed by atoms with E-state index in [-0.39, 0.29) is 33.5 Å². The van der Waals surface area contributed by atoms with Crippen LogP contribution in [0.1, 0.15) is 60.5 Å². The molecule has 6 nitrogen and oxygen atoms in total. The summed E-state index contributed by atoms with van der Waals surface area (Å²) in [4.78, 5) is 31.2. The first-order chi connectivity index (χ1) is 16.7. The van der Waals surface area contributed by atoms with Crippen LogP contribution in [0.5, 0.6) is 0 Å². The number of hydrogen-bond donors (Lipinski definition) is 0. The van der Waals surface area contributed by atoms with E-state index >= 15 is 0 Å². The summed E-state index contributed by atoms with van der Waals surface area (Å²) < 4.78 is 25.3. The Kier molecular flexibility index (Phi) is 6.23. The van der Waals surface area contributed by atoms with Crippen molar-refractivity contribution in [3.63, 3.8) is 0 Å². The van der Waals surface area contributed by atoms with E-state index in [1.165, 1.54) is 18.2 Å². The summed E-state index contributed by atoms with van der Waals surface area (Å²) in [5.41, 5.74) is 2.15. The third kappa shape index (κ3) is 4.50. The van der Waals surface area contributed by atoms with E-state index in [2.05, 4.69) is 25.7 Å². The quantitative estimate of drug-likeness (QED) is 0.541. The van der Waals surface area contributed by atoms with Crippen LogP contribution in [0.2, 0.25) is 0 Å². The van der Waals surface area contributed by atoms with Crippen LogP contribution in [0.4, 0.5) is 4.39 Å². The van der Waals surface area contributed by atoms with Crippen LogP contribution >= 0.6 is 0 Å². The van der Waals surface area contributed by atoms with Crippen molar-refractivity contribution in [3.05, 3.63) is 81.0 Å². The van der Waals surface area contributed by atoms with E-state index in [0.29, 0.717) is 12.1 Å². The zero-order chi connectivity index (χ0) is 24.7. The van der Waals surface area contributed by atoms with Crippen LogP contribution < -0.4 is 5.43 Å². The van der Waals surface area contributed by atoms with Gasteiger partial charge in [-0.3, -0.25) is 14.5 Å². The Morgan fingerprint density at radius 2 is 1.71 bits per heavy atom. The molecule has 184 valence electrons. The lowest BCUT2D eigenvalue weighted by Gasteiger charge is -2.29. The molecule has 1 saturated heterocycles. The lowest BCUT2D eigenvalue weighted by molar-refractivity contribution is 0.0353. The molecule has 0 N–H and O–H groups in total. The number of morpholine rings is 1. The predicted octanol–water partition coefficient (Wildman–Crippen LogP) is 4.50. The first-order valence-electron chi connectivity index (χ1n) is 12.2. The lowest BCUT2D eigenvalue weighted by atomic mass is 9.86. The highest BCUT2D eigenvalue weighted by Gasteiger charge is 2.42. The van der Waals surface area contributed by atoms with Gasteiger partial charge in [0, 0.05) is 26.2 Å². The molecule has 2 aliphatic heterocycles. The number of amides is 1. The van der Waals surface area contributed by atoms with E-state index < -0.39 is 11.9 Å². The van der Waals surface area contributed by atoms with Crippen LogP contribution in [0.15, 0.2) is 51.7 Å². The average Bonchev–Trinajstić information content (AvgIpc) is 3.12. The number of benzene rings is 2. The van der Waals surface area contributed by atoms with E-state index in [0.717, 1.165) is 50.4 Å². The van der Waals surface area contributed by atoms with Crippen LogP contribution in [0.3, 0.4) is 0 Å². The molecule has 3 heterocycles. The lowest BCUT2D eigenvalue weighted by Crippen LogP contribution is -2.38. The summed E-state index contributed by atoms with van der Waals surface area (Å²) in [5, 5.41) is 0.156. The Balaban J connectivity index is 1.54. The molecule has 0 radical (unpaired) electrons. The molecule has 0 unspecified atom stereocenters. The Hall–Kier alpha value is -3.03. The standard InChI is InChI=1S/C28H31FN2O4/c1-28(2,3)19-7-5-18(6-8-19)24-23-25(32)21-17-20(29)9-10-22(21)35-26(23)27(33)31(24)12-4-11-30-13-15-34-16-14-30/h5-10,17,24H,4,11-16H2,1-3H3/t24-/m1/s1. The number of carbonyl (C=O) groups excluding carboxylic acids is 1. The van der Waals surface area contributed by atoms with Crippen molar-refractivity contribution in [2.24, 2.45) is 0 Å². The zero-order valence-electron chi connectivity index (χ0n) is 20.5. The predicted molar refractivity (Wildman–Crippen MR) is 132 cm³/mol. The normalized spacial score (nSPS) is 18.9. The van der Waals surface area contributed by atoms with E-state index in [9.17, 15) is 14.0 Å². The van der Waals surface area contributed by atoms with Crippen LogP contribution in [-0.4, -0.2) is 55.1 Å². The molecule has 1 atom stereocenters. The number of rotatable bonds is 5. The smallest absolute Gasteiger partial charge is 0.290 e. The van der Waals surface area contributed by atoms with Crippen LogP contribution in [-0.2, 0) is 10.2 Å². The maximum absolute atomic E-state index is 14.0. The summed E-state index contributed by atoms with van der Waals surface area (Å²) >= 11 is 0. The zero-order valence-corrected chi connectivity index (χ0v) is 20.5. The fourth-order valence-electron chi connectivity index (χ4n) is 5.02. The van der Waals surface area contributed by atoms with Crippen molar-refractivity contribution in [1.82, 2.24) is 9.80 Å². The van der Waals surface area contributed by atoms with Crippen molar-refractivity contribution in [1.29, 1.82) is 0 Å². The van der Waals surface area contributed by atoms with Gasteiger partial charge in [0.2, 0.25) is 5.76 Å². The summed E-state index contributed by atoms with van der Waals surface area (Å²) in [6.07, 6.45) is 0.763. The fourth-order valence-corrected chi connectivity index (χ4v) is 5.02. The number of nitrogens with zero attached hydrogens (tertiary/aromatic N) is 2. The number of hydrogen-bond acceptors (Lipinski definition) is 5. The number of ether oxygens (including phenoxy) is 1. The van der Waals surface area contributed by atoms with Gasteiger partial charge < -0.3 is 14.1 Å². The maximum Gasteiger partial charge on any atom is 0.290 e. The first kappa shape index (κ1) is 23.7. The Morgan fingerprint density at radius 3 is 2.40 bits per heavy atom. The van der Waals surface area contributed by atoms with Crippen molar-refractivity contribution in [3.8, 4) is 0 Å². The highest BCUT2D eigenvalue weighted by molar-refractivity contribution is 5.99. The van der Waals surface area contributed by atoms with Crippen molar-refractivity contribution in [2.75, 3.05) is 39.4 Å². The molecule has 1 fully saturated rings. The highest BCUT2D eigenvalue weighted by Crippen LogP contribution is 2.39. The minimum Gasteiger partial charge on any atom is -0.450 e. The Morgan fingerprint density at radius 1 is 1.00 bits per heavy atom. The van der Waals surface area contributed by atoms with Crippen molar-refractivity contribution >= 4 is 16.9 Å². The van der Waals surface area contributed by atoms with Gasteiger partial charge in [-0.1, -0.05) is 45.0 Å². The molecular formula is C28H31FN2O4. The second-order valence-electron chi connectivity index (χ2n) is 10.4. The second kappa shape index (κ2) is 9.21. The molecule has 2 aliphatic rings. The molecule has 1 amide bonds. The molecule has 0 spiro atoms. The minimum absolute atomic E-state index is 0.0213. The Bertz CT molecular complexity index is 1300. The van der Waals surface area contributed by atoms with Crippen molar-refractivity contribution in [2.45, 2.75) is 38.6 Å². The minimum atomic E-state index is -0.569. The van der Waals surface area contributed by atoms with E-state index in [1.807, 2.05) is 24.3 Å².